The molecule has 0 unspecified atom stereocenters. The molecule has 2 aromatic carbocycles. The zero-order valence-corrected chi connectivity index (χ0v) is 10.7. The van der Waals surface area contributed by atoms with Crippen molar-refractivity contribution >= 4 is 0 Å². The molecule has 0 spiro atoms. The lowest BCUT2D eigenvalue weighted by atomic mass is 10.0. The molecule has 18 heavy (non-hydrogen) atoms. The standard InChI is InChI=1S/C15H16O3/c1-10-4-6-14(17-2)12(8-10)11-5-7-15(18-3)13(16)9-11/h4-9,16H,1-3H3. The molecule has 94 valence electrons. The lowest BCUT2D eigenvalue weighted by Crippen LogP contribution is -1.90. The molecule has 3 heteroatoms. The van der Waals surface area contributed by atoms with Gasteiger partial charge in [-0.15, -0.1) is 0 Å². The van der Waals surface area contributed by atoms with E-state index in [4.69, 9.17) is 9.47 Å². The van der Waals surface area contributed by atoms with Gasteiger partial charge < -0.3 is 14.6 Å². The summed E-state index contributed by atoms with van der Waals surface area (Å²) in [6, 6.07) is 11.3. The van der Waals surface area contributed by atoms with Crippen molar-refractivity contribution in [3.63, 3.8) is 0 Å². The van der Waals surface area contributed by atoms with Gasteiger partial charge in [0.05, 0.1) is 14.2 Å². The SMILES string of the molecule is COc1ccc(-c2cc(C)ccc2OC)cc1O. The molecule has 0 aliphatic heterocycles. The van der Waals surface area contributed by atoms with Crippen LogP contribution in [0, 0.1) is 6.92 Å². The van der Waals surface area contributed by atoms with E-state index in [1.165, 1.54) is 7.11 Å². The van der Waals surface area contributed by atoms with E-state index in [-0.39, 0.29) is 5.75 Å². The van der Waals surface area contributed by atoms with E-state index < -0.39 is 0 Å². The molecule has 0 aliphatic carbocycles. The molecule has 1 N–H and O–H groups in total. The highest BCUT2D eigenvalue weighted by Gasteiger charge is 2.09. The van der Waals surface area contributed by atoms with Crippen LogP contribution in [0.15, 0.2) is 36.4 Å². The van der Waals surface area contributed by atoms with Crippen LogP contribution in [0.2, 0.25) is 0 Å². The third-order valence-corrected chi connectivity index (χ3v) is 2.84. The molecule has 2 rings (SSSR count). The maximum Gasteiger partial charge on any atom is 0.160 e. The van der Waals surface area contributed by atoms with Gasteiger partial charge in [0.1, 0.15) is 5.75 Å². The van der Waals surface area contributed by atoms with E-state index >= 15 is 0 Å². The van der Waals surface area contributed by atoms with E-state index in [0.717, 1.165) is 22.4 Å². The van der Waals surface area contributed by atoms with Crippen LogP contribution in [-0.2, 0) is 0 Å². The Morgan fingerprint density at radius 2 is 1.56 bits per heavy atom. The highest BCUT2D eigenvalue weighted by Crippen LogP contribution is 2.36. The molecule has 0 aliphatic rings. The van der Waals surface area contributed by atoms with Crippen LogP contribution < -0.4 is 9.47 Å². The second-order valence-corrected chi connectivity index (χ2v) is 4.09. The number of benzene rings is 2. The zero-order chi connectivity index (χ0) is 13.1. The Bertz CT molecular complexity index is 562. The molecule has 0 aromatic heterocycles. The normalized spacial score (nSPS) is 10.2. The number of phenolic OH excluding ortho intramolecular Hbond substituents is 1. The third-order valence-electron chi connectivity index (χ3n) is 2.84. The topological polar surface area (TPSA) is 38.7 Å². The Kier molecular flexibility index (Phi) is 3.42. The van der Waals surface area contributed by atoms with Gasteiger partial charge in [0, 0.05) is 5.56 Å². The van der Waals surface area contributed by atoms with Gasteiger partial charge in [-0.3, -0.25) is 0 Å². The Labute approximate surface area is 107 Å². The fourth-order valence-corrected chi connectivity index (χ4v) is 1.90. The summed E-state index contributed by atoms with van der Waals surface area (Å²) in [6.45, 7) is 2.02. The highest BCUT2D eigenvalue weighted by molar-refractivity contribution is 5.73. The van der Waals surface area contributed by atoms with E-state index in [2.05, 4.69) is 0 Å². The molecular formula is C15H16O3. The minimum absolute atomic E-state index is 0.124. The zero-order valence-electron chi connectivity index (χ0n) is 10.7. The van der Waals surface area contributed by atoms with Crippen molar-refractivity contribution in [3.8, 4) is 28.4 Å². The van der Waals surface area contributed by atoms with Crippen LogP contribution in [0.1, 0.15) is 5.56 Å². The van der Waals surface area contributed by atoms with Gasteiger partial charge in [-0.05, 0) is 36.8 Å². The molecule has 0 saturated carbocycles. The van der Waals surface area contributed by atoms with Gasteiger partial charge in [-0.25, -0.2) is 0 Å². The Morgan fingerprint density at radius 1 is 0.889 bits per heavy atom. The molecule has 0 atom stereocenters. The summed E-state index contributed by atoms with van der Waals surface area (Å²) in [6.07, 6.45) is 0. The number of rotatable bonds is 3. The van der Waals surface area contributed by atoms with Crippen molar-refractivity contribution in [2.45, 2.75) is 6.92 Å². The first-order valence-electron chi connectivity index (χ1n) is 5.67. The molecular weight excluding hydrogens is 228 g/mol. The van der Waals surface area contributed by atoms with Crippen molar-refractivity contribution in [2.24, 2.45) is 0 Å². The van der Waals surface area contributed by atoms with Crippen molar-refractivity contribution in [3.05, 3.63) is 42.0 Å². The molecule has 0 amide bonds. The minimum Gasteiger partial charge on any atom is -0.504 e. The first-order valence-corrected chi connectivity index (χ1v) is 5.67. The van der Waals surface area contributed by atoms with Gasteiger partial charge in [-0.2, -0.15) is 0 Å². The number of phenols is 1. The summed E-state index contributed by atoms with van der Waals surface area (Å²) in [5, 5.41) is 9.82. The second kappa shape index (κ2) is 5.00. The molecule has 0 heterocycles. The average molecular weight is 244 g/mol. The average Bonchev–Trinajstić information content (AvgIpc) is 2.38. The van der Waals surface area contributed by atoms with E-state index in [1.54, 1.807) is 19.2 Å². The molecule has 2 aromatic rings. The van der Waals surface area contributed by atoms with Gasteiger partial charge in [0.2, 0.25) is 0 Å². The van der Waals surface area contributed by atoms with E-state index in [0.29, 0.717) is 5.75 Å². The lowest BCUT2D eigenvalue weighted by molar-refractivity contribution is 0.373. The first-order chi connectivity index (χ1) is 8.65. The van der Waals surface area contributed by atoms with Crippen molar-refractivity contribution in [2.75, 3.05) is 14.2 Å². The fourth-order valence-electron chi connectivity index (χ4n) is 1.90. The maximum atomic E-state index is 9.82. The number of ether oxygens (including phenoxy) is 2. The summed E-state index contributed by atoms with van der Waals surface area (Å²) in [5.74, 6) is 1.37. The molecule has 0 saturated heterocycles. The van der Waals surface area contributed by atoms with Gasteiger partial charge in [-0.1, -0.05) is 17.7 Å². The van der Waals surface area contributed by atoms with Gasteiger partial charge >= 0.3 is 0 Å². The van der Waals surface area contributed by atoms with Crippen molar-refractivity contribution in [1.82, 2.24) is 0 Å². The van der Waals surface area contributed by atoms with Crippen LogP contribution in [0.3, 0.4) is 0 Å². The number of methoxy groups -OCH3 is 2. The third kappa shape index (κ3) is 2.25. The second-order valence-electron chi connectivity index (χ2n) is 4.09. The molecule has 3 nitrogen and oxygen atoms in total. The number of aromatic hydroxyl groups is 1. The number of hydrogen-bond donors (Lipinski definition) is 1. The van der Waals surface area contributed by atoms with E-state index in [1.807, 2.05) is 31.2 Å². The summed E-state index contributed by atoms with van der Waals surface area (Å²) in [5.41, 5.74) is 2.99. The minimum atomic E-state index is 0.124. The summed E-state index contributed by atoms with van der Waals surface area (Å²) < 4.78 is 10.4. The smallest absolute Gasteiger partial charge is 0.160 e. The van der Waals surface area contributed by atoms with Crippen molar-refractivity contribution in [1.29, 1.82) is 0 Å². The molecule has 0 bridgehead atoms. The quantitative estimate of drug-likeness (QED) is 0.899. The van der Waals surface area contributed by atoms with Crippen LogP contribution in [0.4, 0.5) is 0 Å². The largest absolute Gasteiger partial charge is 0.504 e. The van der Waals surface area contributed by atoms with Gasteiger partial charge in [0.15, 0.2) is 11.5 Å². The predicted octanol–water partition coefficient (Wildman–Crippen LogP) is 3.38. The Balaban J connectivity index is 2.54. The number of aryl methyl sites for hydroxylation is 1. The summed E-state index contributed by atoms with van der Waals surface area (Å²) >= 11 is 0. The first kappa shape index (κ1) is 12.3. The lowest BCUT2D eigenvalue weighted by Gasteiger charge is -2.11. The predicted molar refractivity (Wildman–Crippen MR) is 71.4 cm³/mol. The summed E-state index contributed by atoms with van der Waals surface area (Å²) in [7, 11) is 3.17. The Morgan fingerprint density at radius 3 is 2.17 bits per heavy atom. The Hall–Kier alpha value is -2.16. The molecule has 0 radical (unpaired) electrons. The monoisotopic (exact) mass is 244 g/mol. The van der Waals surface area contributed by atoms with Gasteiger partial charge in [0.25, 0.3) is 0 Å². The van der Waals surface area contributed by atoms with Crippen LogP contribution in [0.5, 0.6) is 17.2 Å². The van der Waals surface area contributed by atoms with Crippen LogP contribution in [-0.4, -0.2) is 19.3 Å². The van der Waals surface area contributed by atoms with Crippen molar-refractivity contribution < 1.29 is 14.6 Å². The number of hydrogen-bond acceptors (Lipinski definition) is 3. The summed E-state index contributed by atoms with van der Waals surface area (Å²) in [4.78, 5) is 0. The van der Waals surface area contributed by atoms with Crippen LogP contribution >= 0.6 is 0 Å². The molecule has 0 fully saturated rings. The van der Waals surface area contributed by atoms with E-state index in [9.17, 15) is 5.11 Å². The van der Waals surface area contributed by atoms with Crippen LogP contribution in [0.25, 0.3) is 11.1 Å². The maximum absolute atomic E-state index is 9.82. The fraction of sp³-hybridized carbons (Fsp3) is 0.200. The highest BCUT2D eigenvalue weighted by atomic mass is 16.5.